The van der Waals surface area contributed by atoms with Gasteiger partial charge in [0.25, 0.3) is 0 Å². The Hall–Kier alpha value is -3.81. The number of fused-ring (bicyclic) bond motifs is 1. The highest BCUT2D eigenvalue weighted by Gasteiger charge is 2.41. The van der Waals surface area contributed by atoms with Crippen LogP contribution in [0.3, 0.4) is 0 Å². The summed E-state index contributed by atoms with van der Waals surface area (Å²) < 4.78 is 10.9. The third kappa shape index (κ3) is 5.03. The zero-order valence-electron chi connectivity index (χ0n) is 17.2. The highest BCUT2D eigenvalue weighted by atomic mass is 16.6. The Bertz CT molecular complexity index is 973. The zero-order valence-corrected chi connectivity index (χ0v) is 17.2. The molecule has 1 atom stereocenters. The van der Waals surface area contributed by atoms with Crippen molar-refractivity contribution >= 4 is 17.8 Å². The lowest BCUT2D eigenvalue weighted by Crippen LogP contribution is -2.46. The number of hydrogen-bond acceptors (Lipinski definition) is 6. The average Bonchev–Trinajstić information content (AvgIpc) is 2.77. The first-order valence-electron chi connectivity index (χ1n) is 9.82. The van der Waals surface area contributed by atoms with Crippen LogP contribution in [0.2, 0.25) is 0 Å². The van der Waals surface area contributed by atoms with Crippen molar-refractivity contribution in [3.8, 4) is 5.75 Å². The quantitative estimate of drug-likeness (QED) is 0.394. The Morgan fingerprint density at radius 3 is 2.68 bits per heavy atom. The maximum atomic E-state index is 12.7. The first-order valence-corrected chi connectivity index (χ1v) is 9.82. The van der Waals surface area contributed by atoms with E-state index in [0.717, 1.165) is 10.5 Å². The molecule has 8 nitrogen and oxygen atoms in total. The fourth-order valence-electron chi connectivity index (χ4n) is 3.34. The lowest BCUT2D eigenvalue weighted by atomic mass is 9.90. The standard InChI is InChI=1S/C23H24N2O6/c1-3-13-30-19-12-8-11-17-20(19)18(24-31-15-16-9-6-5-7-10-16)14-25(23(27)28)21(17)22(26)29-4-2/h3,5-12,21H,1,4,13-15H2,2H3,(H,27,28). The molecule has 0 aliphatic carbocycles. The van der Waals surface area contributed by atoms with E-state index in [1.165, 1.54) is 0 Å². The van der Waals surface area contributed by atoms with E-state index < -0.39 is 18.1 Å². The summed E-state index contributed by atoms with van der Waals surface area (Å²) in [4.78, 5) is 31.1. The Balaban J connectivity index is 2.03. The molecule has 2 aromatic rings. The Morgan fingerprint density at radius 2 is 2.00 bits per heavy atom. The van der Waals surface area contributed by atoms with Gasteiger partial charge < -0.3 is 19.4 Å². The number of oxime groups is 1. The molecular formula is C23H24N2O6. The molecule has 31 heavy (non-hydrogen) atoms. The average molecular weight is 424 g/mol. The largest absolute Gasteiger partial charge is 0.489 e. The van der Waals surface area contributed by atoms with Crippen molar-refractivity contribution in [1.29, 1.82) is 0 Å². The lowest BCUT2D eigenvalue weighted by molar-refractivity contribution is -0.149. The summed E-state index contributed by atoms with van der Waals surface area (Å²) in [6, 6.07) is 13.4. The molecule has 0 aromatic heterocycles. The van der Waals surface area contributed by atoms with Crippen LogP contribution < -0.4 is 4.74 Å². The van der Waals surface area contributed by atoms with Crippen molar-refractivity contribution in [3.05, 3.63) is 77.9 Å². The number of carboxylic acid groups (broad SMARTS) is 1. The number of esters is 1. The van der Waals surface area contributed by atoms with Crippen LogP contribution in [0.25, 0.3) is 0 Å². The maximum Gasteiger partial charge on any atom is 0.408 e. The van der Waals surface area contributed by atoms with Gasteiger partial charge in [-0.3, -0.25) is 4.90 Å². The first-order chi connectivity index (χ1) is 15.1. The summed E-state index contributed by atoms with van der Waals surface area (Å²) in [6.07, 6.45) is 0.328. The van der Waals surface area contributed by atoms with Crippen molar-refractivity contribution in [2.45, 2.75) is 19.6 Å². The van der Waals surface area contributed by atoms with E-state index in [9.17, 15) is 14.7 Å². The number of nitrogens with zero attached hydrogens (tertiary/aromatic N) is 2. The zero-order chi connectivity index (χ0) is 22.2. The van der Waals surface area contributed by atoms with Crippen molar-refractivity contribution in [3.63, 3.8) is 0 Å². The molecule has 0 bridgehead atoms. The van der Waals surface area contributed by atoms with E-state index >= 15 is 0 Å². The first kappa shape index (κ1) is 21.9. The predicted octanol–water partition coefficient (Wildman–Crippen LogP) is 3.77. The monoisotopic (exact) mass is 424 g/mol. The molecule has 2 aromatic carbocycles. The Labute approximate surface area is 180 Å². The van der Waals surface area contributed by atoms with Crippen LogP contribution in [0.15, 0.2) is 66.3 Å². The predicted molar refractivity (Wildman–Crippen MR) is 114 cm³/mol. The fraction of sp³-hybridized carbons (Fsp3) is 0.261. The molecule has 3 rings (SSSR count). The molecule has 162 valence electrons. The second-order valence-electron chi connectivity index (χ2n) is 6.68. The van der Waals surface area contributed by atoms with E-state index in [0.29, 0.717) is 22.6 Å². The second-order valence-corrected chi connectivity index (χ2v) is 6.68. The normalized spacial score (nSPS) is 16.4. The Morgan fingerprint density at radius 1 is 1.23 bits per heavy atom. The number of rotatable bonds is 8. The molecule has 1 aliphatic rings. The molecule has 0 radical (unpaired) electrons. The van der Waals surface area contributed by atoms with Crippen molar-refractivity contribution in [2.75, 3.05) is 19.8 Å². The number of amides is 1. The van der Waals surface area contributed by atoms with E-state index in [1.807, 2.05) is 30.3 Å². The molecule has 1 aliphatic heterocycles. The van der Waals surface area contributed by atoms with Crippen LogP contribution in [0.1, 0.15) is 29.7 Å². The lowest BCUT2D eigenvalue weighted by Gasteiger charge is -2.34. The molecule has 1 unspecified atom stereocenters. The van der Waals surface area contributed by atoms with Gasteiger partial charge in [0.05, 0.1) is 13.2 Å². The van der Waals surface area contributed by atoms with Crippen molar-refractivity contribution in [2.24, 2.45) is 5.16 Å². The Kier molecular flexibility index (Phi) is 7.26. The molecule has 1 heterocycles. The van der Waals surface area contributed by atoms with Gasteiger partial charge in [0.2, 0.25) is 0 Å². The minimum absolute atomic E-state index is 0.131. The summed E-state index contributed by atoms with van der Waals surface area (Å²) in [7, 11) is 0. The third-order valence-corrected chi connectivity index (χ3v) is 4.63. The molecule has 0 saturated heterocycles. The number of ether oxygens (including phenoxy) is 2. The highest BCUT2D eigenvalue weighted by molar-refractivity contribution is 6.09. The molecule has 1 N–H and O–H groups in total. The SMILES string of the molecule is C=CCOc1cccc2c1C(=NOCc1ccccc1)CN(C(=O)O)C2C(=O)OCC. The van der Waals surface area contributed by atoms with E-state index in [4.69, 9.17) is 14.3 Å². The molecule has 0 saturated carbocycles. The van der Waals surface area contributed by atoms with Crippen LogP contribution in [-0.2, 0) is 21.0 Å². The topological polar surface area (TPSA) is 97.7 Å². The summed E-state index contributed by atoms with van der Waals surface area (Å²) in [5.41, 5.74) is 2.20. The van der Waals surface area contributed by atoms with Gasteiger partial charge in [-0.05, 0) is 24.1 Å². The summed E-state index contributed by atoms with van der Waals surface area (Å²) in [5.74, 6) is -0.199. The van der Waals surface area contributed by atoms with Crippen LogP contribution in [0.4, 0.5) is 4.79 Å². The van der Waals surface area contributed by atoms with Crippen LogP contribution in [0.5, 0.6) is 5.75 Å². The fourth-order valence-corrected chi connectivity index (χ4v) is 3.34. The van der Waals surface area contributed by atoms with E-state index in [1.54, 1.807) is 31.2 Å². The van der Waals surface area contributed by atoms with Crippen LogP contribution in [0, 0.1) is 0 Å². The molecular weight excluding hydrogens is 400 g/mol. The number of carbonyl (C=O) groups is 2. The third-order valence-electron chi connectivity index (χ3n) is 4.63. The minimum Gasteiger partial charge on any atom is -0.489 e. The summed E-state index contributed by atoms with van der Waals surface area (Å²) >= 11 is 0. The minimum atomic E-state index is -1.27. The highest BCUT2D eigenvalue weighted by Crippen LogP contribution is 2.36. The van der Waals surface area contributed by atoms with Crippen LogP contribution in [-0.4, -0.2) is 47.5 Å². The van der Waals surface area contributed by atoms with Crippen molar-refractivity contribution < 1.29 is 29.0 Å². The van der Waals surface area contributed by atoms with E-state index in [2.05, 4.69) is 11.7 Å². The molecule has 0 fully saturated rings. The smallest absolute Gasteiger partial charge is 0.408 e. The van der Waals surface area contributed by atoms with Gasteiger partial charge in [-0.1, -0.05) is 60.3 Å². The van der Waals surface area contributed by atoms with Gasteiger partial charge >= 0.3 is 12.1 Å². The van der Waals surface area contributed by atoms with Gasteiger partial charge in [-0.15, -0.1) is 0 Å². The van der Waals surface area contributed by atoms with Gasteiger partial charge in [-0.25, -0.2) is 9.59 Å². The number of benzene rings is 2. The molecule has 8 heteroatoms. The second kappa shape index (κ2) is 10.3. The maximum absolute atomic E-state index is 12.7. The molecule has 1 amide bonds. The number of carbonyl (C=O) groups excluding carboxylic acids is 1. The van der Waals surface area contributed by atoms with Gasteiger partial charge in [0.15, 0.2) is 6.04 Å². The summed E-state index contributed by atoms with van der Waals surface area (Å²) in [6.45, 7) is 5.74. The summed E-state index contributed by atoms with van der Waals surface area (Å²) in [5, 5.41) is 14.0. The van der Waals surface area contributed by atoms with Crippen LogP contribution >= 0.6 is 0 Å². The van der Waals surface area contributed by atoms with Crippen molar-refractivity contribution in [1.82, 2.24) is 4.90 Å². The van der Waals surface area contributed by atoms with Gasteiger partial charge in [-0.2, -0.15) is 0 Å². The number of hydrogen-bond donors (Lipinski definition) is 1. The molecule has 0 spiro atoms. The van der Waals surface area contributed by atoms with Gasteiger partial charge in [0, 0.05) is 5.56 Å². The van der Waals surface area contributed by atoms with E-state index in [-0.39, 0.29) is 26.4 Å². The van der Waals surface area contributed by atoms with Gasteiger partial charge in [0.1, 0.15) is 24.7 Å².